The van der Waals surface area contributed by atoms with Crippen LogP contribution in [0.2, 0.25) is 0 Å². The fourth-order valence-electron chi connectivity index (χ4n) is 5.12. The Hall–Kier alpha value is -1.88. The summed E-state index contributed by atoms with van der Waals surface area (Å²) >= 11 is 0. The molecule has 0 aliphatic heterocycles. The lowest BCUT2D eigenvalue weighted by Crippen LogP contribution is -2.48. The number of aryl methyl sites for hydroxylation is 1. The van der Waals surface area contributed by atoms with Crippen LogP contribution in [-0.2, 0) is 22.4 Å². The standard InChI is InChI=1S/C24H36N2O3/c1-5-6-7-18-8-9-19-15-24(12-10-20(29-4)11-13-24)22(21(19)14-18)25-23(28)26(16-27)17(2)3/h8-9,14,16-17,20,22H,5-7,10-13,15H2,1-4H3,(H,25,28)/t20-,22?,24-. The molecule has 1 unspecified atom stereocenters. The Kier molecular flexibility index (Phi) is 6.99. The third kappa shape index (κ3) is 4.50. The van der Waals surface area contributed by atoms with Gasteiger partial charge in [0.1, 0.15) is 0 Å². The van der Waals surface area contributed by atoms with Crippen LogP contribution in [0.15, 0.2) is 18.2 Å². The number of methoxy groups -OCH3 is 1. The van der Waals surface area contributed by atoms with Crippen LogP contribution in [0.4, 0.5) is 4.79 Å². The number of hydrogen-bond donors (Lipinski definition) is 1. The largest absolute Gasteiger partial charge is 0.381 e. The second-order valence-corrected chi connectivity index (χ2v) is 9.10. The van der Waals surface area contributed by atoms with Crippen molar-refractivity contribution in [3.8, 4) is 0 Å². The van der Waals surface area contributed by atoms with E-state index in [9.17, 15) is 9.59 Å². The van der Waals surface area contributed by atoms with Gasteiger partial charge >= 0.3 is 6.03 Å². The maximum absolute atomic E-state index is 12.9. The third-order valence-electron chi connectivity index (χ3n) is 6.93. The Labute approximate surface area is 175 Å². The van der Waals surface area contributed by atoms with Crippen LogP contribution in [-0.4, -0.2) is 36.6 Å². The monoisotopic (exact) mass is 400 g/mol. The highest BCUT2D eigenvalue weighted by Crippen LogP contribution is 2.54. The minimum absolute atomic E-state index is 0.0158. The summed E-state index contributed by atoms with van der Waals surface area (Å²) in [5.74, 6) is 0. The van der Waals surface area contributed by atoms with Crippen molar-refractivity contribution in [1.29, 1.82) is 0 Å². The maximum Gasteiger partial charge on any atom is 0.324 e. The number of amides is 3. The minimum Gasteiger partial charge on any atom is -0.381 e. The van der Waals surface area contributed by atoms with Crippen molar-refractivity contribution in [3.63, 3.8) is 0 Å². The Morgan fingerprint density at radius 2 is 2.07 bits per heavy atom. The van der Waals surface area contributed by atoms with Crippen LogP contribution in [0, 0.1) is 5.41 Å². The molecule has 1 atom stereocenters. The Morgan fingerprint density at radius 1 is 1.34 bits per heavy atom. The number of carbonyl (C=O) groups excluding carboxylic acids is 2. The average molecular weight is 401 g/mol. The molecule has 5 heteroatoms. The van der Waals surface area contributed by atoms with Crippen molar-refractivity contribution in [2.75, 3.05) is 7.11 Å². The van der Waals surface area contributed by atoms with Crippen molar-refractivity contribution in [2.45, 2.75) is 90.3 Å². The number of ether oxygens (including phenoxy) is 1. The van der Waals surface area contributed by atoms with Gasteiger partial charge in [-0.3, -0.25) is 9.69 Å². The molecule has 1 spiro atoms. The first-order valence-corrected chi connectivity index (χ1v) is 11.1. The number of rotatable bonds is 7. The number of urea groups is 1. The van der Waals surface area contributed by atoms with Gasteiger partial charge in [0.05, 0.1) is 12.1 Å². The number of fused-ring (bicyclic) bond motifs is 1. The first kappa shape index (κ1) is 21.8. The van der Waals surface area contributed by atoms with E-state index in [0.29, 0.717) is 12.5 Å². The molecule has 0 radical (unpaired) electrons. The van der Waals surface area contributed by atoms with Gasteiger partial charge in [0.15, 0.2) is 0 Å². The Balaban J connectivity index is 1.91. The summed E-state index contributed by atoms with van der Waals surface area (Å²) in [6.45, 7) is 5.93. The average Bonchev–Trinajstić information content (AvgIpc) is 2.99. The molecule has 1 aromatic rings. The van der Waals surface area contributed by atoms with E-state index in [1.165, 1.54) is 34.4 Å². The number of hydrogen-bond acceptors (Lipinski definition) is 3. The molecule has 1 aromatic carbocycles. The zero-order valence-corrected chi connectivity index (χ0v) is 18.4. The summed E-state index contributed by atoms with van der Waals surface area (Å²) in [5.41, 5.74) is 3.94. The fraction of sp³-hybridized carbons (Fsp3) is 0.667. The molecular weight excluding hydrogens is 364 g/mol. The highest BCUT2D eigenvalue weighted by atomic mass is 16.5. The van der Waals surface area contributed by atoms with Gasteiger partial charge in [0.2, 0.25) is 6.41 Å². The van der Waals surface area contributed by atoms with E-state index >= 15 is 0 Å². The molecule has 0 heterocycles. The van der Waals surface area contributed by atoms with Gasteiger partial charge in [-0.25, -0.2) is 4.79 Å². The van der Waals surface area contributed by atoms with Gasteiger partial charge < -0.3 is 10.1 Å². The molecule has 2 aliphatic carbocycles. The number of unbranched alkanes of at least 4 members (excludes halogenated alkanes) is 1. The van der Waals surface area contributed by atoms with Crippen LogP contribution in [0.5, 0.6) is 0 Å². The predicted octanol–water partition coefficient (Wildman–Crippen LogP) is 4.78. The number of nitrogens with one attached hydrogen (secondary N) is 1. The van der Waals surface area contributed by atoms with Crippen LogP contribution in [0.25, 0.3) is 0 Å². The molecule has 160 valence electrons. The smallest absolute Gasteiger partial charge is 0.324 e. The lowest BCUT2D eigenvalue weighted by Gasteiger charge is -2.42. The van der Waals surface area contributed by atoms with Gasteiger partial charge in [-0.1, -0.05) is 31.5 Å². The van der Waals surface area contributed by atoms with E-state index in [1.807, 2.05) is 13.8 Å². The minimum atomic E-state index is -0.292. The highest BCUT2D eigenvalue weighted by molar-refractivity contribution is 5.85. The van der Waals surface area contributed by atoms with Gasteiger partial charge in [-0.2, -0.15) is 0 Å². The normalized spacial score (nSPS) is 25.8. The summed E-state index contributed by atoms with van der Waals surface area (Å²) in [5, 5.41) is 3.26. The highest BCUT2D eigenvalue weighted by Gasteiger charge is 2.49. The van der Waals surface area contributed by atoms with Crippen molar-refractivity contribution >= 4 is 12.4 Å². The second kappa shape index (κ2) is 9.29. The quantitative estimate of drug-likeness (QED) is 0.670. The zero-order chi connectivity index (χ0) is 21.0. The Bertz CT molecular complexity index is 723. The second-order valence-electron chi connectivity index (χ2n) is 9.10. The third-order valence-corrected chi connectivity index (χ3v) is 6.93. The molecule has 1 saturated carbocycles. The number of benzene rings is 1. The first-order valence-electron chi connectivity index (χ1n) is 11.1. The van der Waals surface area contributed by atoms with E-state index < -0.39 is 0 Å². The van der Waals surface area contributed by atoms with Crippen LogP contribution >= 0.6 is 0 Å². The van der Waals surface area contributed by atoms with Gasteiger partial charge in [-0.05, 0) is 80.9 Å². The molecule has 3 amide bonds. The van der Waals surface area contributed by atoms with Gasteiger partial charge in [0, 0.05) is 13.2 Å². The predicted molar refractivity (Wildman–Crippen MR) is 115 cm³/mol. The van der Waals surface area contributed by atoms with E-state index in [0.717, 1.165) is 38.5 Å². The SMILES string of the molecule is CCCCc1ccc2c(c1)C(NC(=O)N(C=O)C(C)C)[C@]1(CC[C@H](OC)CC1)C2. The van der Waals surface area contributed by atoms with E-state index in [2.05, 4.69) is 30.4 Å². The van der Waals surface area contributed by atoms with Gasteiger partial charge in [0.25, 0.3) is 0 Å². The molecule has 5 nitrogen and oxygen atoms in total. The summed E-state index contributed by atoms with van der Waals surface area (Å²) < 4.78 is 5.60. The molecule has 0 saturated heterocycles. The lowest BCUT2D eigenvalue weighted by molar-refractivity contribution is -0.116. The summed E-state index contributed by atoms with van der Waals surface area (Å²) in [6.07, 6.45) is 9.42. The summed E-state index contributed by atoms with van der Waals surface area (Å²) in [7, 11) is 1.79. The molecule has 0 aromatic heterocycles. The van der Waals surface area contributed by atoms with Crippen LogP contribution in [0.3, 0.4) is 0 Å². The maximum atomic E-state index is 12.9. The molecule has 0 bridgehead atoms. The van der Waals surface area contributed by atoms with Crippen LogP contribution < -0.4 is 5.32 Å². The lowest BCUT2D eigenvalue weighted by atomic mass is 9.68. The van der Waals surface area contributed by atoms with Crippen molar-refractivity contribution in [2.24, 2.45) is 5.41 Å². The number of imide groups is 1. The molecule has 29 heavy (non-hydrogen) atoms. The van der Waals surface area contributed by atoms with Crippen LogP contribution in [0.1, 0.15) is 82.0 Å². The van der Waals surface area contributed by atoms with E-state index in [-0.39, 0.29) is 23.5 Å². The van der Waals surface area contributed by atoms with E-state index in [4.69, 9.17) is 4.74 Å². The fourth-order valence-corrected chi connectivity index (χ4v) is 5.12. The summed E-state index contributed by atoms with van der Waals surface area (Å²) in [4.78, 5) is 25.7. The molecule has 2 aliphatic rings. The van der Waals surface area contributed by atoms with Crippen molar-refractivity contribution in [3.05, 3.63) is 34.9 Å². The van der Waals surface area contributed by atoms with Crippen molar-refractivity contribution in [1.82, 2.24) is 10.2 Å². The number of carbonyl (C=O) groups is 2. The zero-order valence-electron chi connectivity index (χ0n) is 18.4. The van der Waals surface area contributed by atoms with E-state index in [1.54, 1.807) is 7.11 Å². The Morgan fingerprint density at radius 3 is 2.66 bits per heavy atom. The first-order chi connectivity index (χ1) is 13.9. The molecule has 3 rings (SSSR count). The molecular formula is C24H36N2O3. The van der Waals surface area contributed by atoms with Crippen molar-refractivity contribution < 1.29 is 14.3 Å². The van der Waals surface area contributed by atoms with Gasteiger partial charge in [-0.15, -0.1) is 0 Å². The topological polar surface area (TPSA) is 58.6 Å². The molecule has 1 fully saturated rings. The number of nitrogens with zero attached hydrogens (tertiary/aromatic N) is 1. The molecule has 1 N–H and O–H groups in total. The summed E-state index contributed by atoms with van der Waals surface area (Å²) in [6, 6.07) is 6.30.